The normalized spacial score (nSPS) is 30.1. The van der Waals surface area contributed by atoms with Crippen LogP contribution >= 0.6 is 0 Å². The lowest BCUT2D eigenvalue weighted by atomic mass is 9.73. The van der Waals surface area contributed by atoms with Gasteiger partial charge in [0.15, 0.2) is 0 Å². The predicted octanol–water partition coefficient (Wildman–Crippen LogP) is 1.81. The number of likely N-dealkylation sites (N-methyl/N-ethyl adjacent to an activating group) is 1. The highest BCUT2D eigenvalue weighted by molar-refractivity contribution is 4.94. The first kappa shape index (κ1) is 17.2. The summed E-state index contributed by atoms with van der Waals surface area (Å²) < 4.78 is 5.98. The molecule has 1 unspecified atom stereocenters. The topological polar surface area (TPSA) is 27.7 Å². The van der Waals surface area contributed by atoms with Gasteiger partial charge >= 0.3 is 0 Å². The second-order valence-electron chi connectivity index (χ2n) is 8.00. The number of nitrogens with one attached hydrogen (secondary N) is 1. The first-order valence-corrected chi connectivity index (χ1v) is 8.63. The van der Waals surface area contributed by atoms with Gasteiger partial charge in [-0.2, -0.15) is 0 Å². The van der Waals surface area contributed by atoms with Crippen molar-refractivity contribution in [2.75, 3.05) is 60.0 Å². The highest BCUT2D eigenvalue weighted by Crippen LogP contribution is 2.39. The van der Waals surface area contributed by atoms with Gasteiger partial charge in [0.25, 0.3) is 0 Å². The summed E-state index contributed by atoms with van der Waals surface area (Å²) in [6.07, 6.45) is 5.13. The maximum Gasteiger partial charge on any atom is 0.0632 e. The molecule has 21 heavy (non-hydrogen) atoms. The van der Waals surface area contributed by atoms with Crippen LogP contribution in [0.1, 0.15) is 39.5 Å². The number of ether oxygens (including phenoxy) is 1. The molecule has 0 bridgehead atoms. The summed E-state index contributed by atoms with van der Waals surface area (Å²) in [4.78, 5) is 4.92. The standard InChI is InChI=1S/C17H35N3O/c1-16(2)13-17(7-12-21-16,14-18-8-11-19(3)4)15-20-9-5-6-10-20/h18H,5-15H2,1-4H3. The minimum Gasteiger partial charge on any atom is -0.376 e. The lowest BCUT2D eigenvalue weighted by molar-refractivity contribution is -0.110. The molecule has 1 atom stereocenters. The van der Waals surface area contributed by atoms with Crippen LogP contribution in [-0.4, -0.2) is 75.4 Å². The molecule has 0 aliphatic carbocycles. The largest absolute Gasteiger partial charge is 0.376 e. The predicted molar refractivity (Wildman–Crippen MR) is 88.8 cm³/mol. The summed E-state index contributed by atoms with van der Waals surface area (Å²) in [5.41, 5.74) is 0.416. The van der Waals surface area contributed by atoms with Crippen LogP contribution in [0.5, 0.6) is 0 Å². The third kappa shape index (κ3) is 5.51. The van der Waals surface area contributed by atoms with Crippen LogP contribution in [0.2, 0.25) is 0 Å². The Labute approximate surface area is 131 Å². The molecule has 0 radical (unpaired) electrons. The number of nitrogens with zero attached hydrogens (tertiary/aromatic N) is 2. The van der Waals surface area contributed by atoms with Gasteiger partial charge in [-0.15, -0.1) is 0 Å². The third-order valence-electron chi connectivity index (χ3n) is 4.92. The van der Waals surface area contributed by atoms with E-state index in [0.29, 0.717) is 5.41 Å². The van der Waals surface area contributed by atoms with Crippen molar-refractivity contribution in [1.29, 1.82) is 0 Å². The van der Waals surface area contributed by atoms with E-state index in [1.807, 2.05) is 0 Å². The highest BCUT2D eigenvalue weighted by Gasteiger charge is 2.41. The van der Waals surface area contributed by atoms with E-state index in [1.165, 1.54) is 45.3 Å². The summed E-state index contributed by atoms with van der Waals surface area (Å²) in [6.45, 7) is 12.6. The summed E-state index contributed by atoms with van der Waals surface area (Å²) >= 11 is 0. The quantitative estimate of drug-likeness (QED) is 0.725. The first-order chi connectivity index (χ1) is 9.91. The summed E-state index contributed by atoms with van der Waals surface area (Å²) in [5, 5.41) is 3.72. The molecule has 124 valence electrons. The zero-order valence-corrected chi connectivity index (χ0v) is 14.6. The second kappa shape index (κ2) is 7.40. The summed E-state index contributed by atoms with van der Waals surface area (Å²) in [6, 6.07) is 0. The van der Waals surface area contributed by atoms with Crippen molar-refractivity contribution in [3.05, 3.63) is 0 Å². The van der Waals surface area contributed by atoms with E-state index in [0.717, 1.165) is 26.2 Å². The molecule has 2 rings (SSSR count). The Morgan fingerprint density at radius 2 is 1.90 bits per heavy atom. The Morgan fingerprint density at radius 3 is 2.52 bits per heavy atom. The second-order valence-corrected chi connectivity index (χ2v) is 8.00. The van der Waals surface area contributed by atoms with Gasteiger partial charge in [0, 0.05) is 38.2 Å². The third-order valence-corrected chi connectivity index (χ3v) is 4.92. The van der Waals surface area contributed by atoms with Crippen molar-refractivity contribution in [3.63, 3.8) is 0 Å². The van der Waals surface area contributed by atoms with Crippen LogP contribution < -0.4 is 5.32 Å². The lowest BCUT2D eigenvalue weighted by Crippen LogP contribution is -2.52. The van der Waals surface area contributed by atoms with Gasteiger partial charge in [0.05, 0.1) is 5.60 Å². The van der Waals surface area contributed by atoms with Gasteiger partial charge in [-0.1, -0.05) is 0 Å². The van der Waals surface area contributed by atoms with E-state index in [4.69, 9.17) is 4.74 Å². The van der Waals surface area contributed by atoms with Crippen LogP contribution in [0, 0.1) is 5.41 Å². The molecule has 2 heterocycles. The molecule has 4 nitrogen and oxygen atoms in total. The highest BCUT2D eigenvalue weighted by atomic mass is 16.5. The molecule has 4 heteroatoms. The molecule has 0 aromatic rings. The fraction of sp³-hybridized carbons (Fsp3) is 1.00. The zero-order valence-electron chi connectivity index (χ0n) is 14.6. The molecule has 0 aromatic heterocycles. The van der Waals surface area contributed by atoms with Crippen molar-refractivity contribution in [2.24, 2.45) is 5.41 Å². The Kier molecular flexibility index (Phi) is 6.06. The number of rotatable bonds is 7. The molecule has 2 aliphatic heterocycles. The fourth-order valence-corrected chi connectivity index (χ4v) is 4.00. The molecule has 0 spiro atoms. The average Bonchev–Trinajstić information content (AvgIpc) is 2.86. The maximum atomic E-state index is 5.98. The molecule has 2 fully saturated rings. The van der Waals surface area contributed by atoms with Crippen molar-refractivity contribution in [2.45, 2.75) is 45.1 Å². The Balaban J connectivity index is 1.92. The minimum atomic E-state index is 0.0290. The van der Waals surface area contributed by atoms with Crippen LogP contribution in [0.3, 0.4) is 0 Å². The molecule has 1 N–H and O–H groups in total. The average molecular weight is 297 g/mol. The van der Waals surface area contributed by atoms with Crippen molar-refractivity contribution in [1.82, 2.24) is 15.1 Å². The number of likely N-dealkylation sites (tertiary alicyclic amines) is 1. The first-order valence-electron chi connectivity index (χ1n) is 8.63. The molecule has 0 amide bonds. The lowest BCUT2D eigenvalue weighted by Gasteiger charge is -2.47. The van der Waals surface area contributed by atoms with Gasteiger partial charge < -0.3 is 19.9 Å². The molecule has 0 saturated carbocycles. The minimum absolute atomic E-state index is 0.0290. The van der Waals surface area contributed by atoms with Crippen LogP contribution in [0.4, 0.5) is 0 Å². The number of hydrogen-bond acceptors (Lipinski definition) is 4. The van der Waals surface area contributed by atoms with Crippen LogP contribution in [0.25, 0.3) is 0 Å². The van der Waals surface area contributed by atoms with E-state index >= 15 is 0 Å². The maximum absolute atomic E-state index is 5.98. The van der Waals surface area contributed by atoms with E-state index in [-0.39, 0.29) is 5.60 Å². The van der Waals surface area contributed by atoms with Gasteiger partial charge in [0.1, 0.15) is 0 Å². The van der Waals surface area contributed by atoms with Gasteiger partial charge in [-0.05, 0) is 66.7 Å². The molecule has 0 aromatic carbocycles. The Bertz CT molecular complexity index is 313. The smallest absolute Gasteiger partial charge is 0.0632 e. The Morgan fingerprint density at radius 1 is 1.19 bits per heavy atom. The van der Waals surface area contributed by atoms with E-state index in [1.54, 1.807) is 0 Å². The van der Waals surface area contributed by atoms with Crippen molar-refractivity contribution in [3.8, 4) is 0 Å². The zero-order chi connectivity index (χ0) is 15.3. The van der Waals surface area contributed by atoms with Gasteiger partial charge in [-0.25, -0.2) is 0 Å². The fourth-order valence-electron chi connectivity index (χ4n) is 4.00. The Hall–Kier alpha value is -0.160. The van der Waals surface area contributed by atoms with Crippen LogP contribution in [0.15, 0.2) is 0 Å². The van der Waals surface area contributed by atoms with E-state index < -0.39 is 0 Å². The van der Waals surface area contributed by atoms with Crippen molar-refractivity contribution < 1.29 is 4.74 Å². The monoisotopic (exact) mass is 297 g/mol. The van der Waals surface area contributed by atoms with Gasteiger partial charge in [-0.3, -0.25) is 0 Å². The van der Waals surface area contributed by atoms with E-state index in [9.17, 15) is 0 Å². The van der Waals surface area contributed by atoms with E-state index in [2.05, 4.69) is 43.1 Å². The number of hydrogen-bond donors (Lipinski definition) is 1. The summed E-state index contributed by atoms with van der Waals surface area (Å²) in [5.74, 6) is 0. The molecule has 2 aliphatic rings. The molecule has 2 saturated heterocycles. The van der Waals surface area contributed by atoms with Crippen molar-refractivity contribution >= 4 is 0 Å². The molecular weight excluding hydrogens is 262 g/mol. The van der Waals surface area contributed by atoms with Gasteiger partial charge in [0.2, 0.25) is 0 Å². The SMILES string of the molecule is CN(C)CCNCC1(CN2CCCC2)CCOC(C)(C)C1. The summed E-state index contributed by atoms with van der Waals surface area (Å²) in [7, 11) is 4.28. The molecular formula is C17H35N3O. The van der Waals surface area contributed by atoms with Crippen LogP contribution in [-0.2, 0) is 4.74 Å².